The Hall–Kier alpha value is -2.82. The number of esters is 1. The molecule has 2 fully saturated rings. The summed E-state index contributed by atoms with van der Waals surface area (Å²) in [5.74, 6) is -0.767. The number of amides is 1. The van der Waals surface area contributed by atoms with E-state index in [-0.39, 0.29) is 35.4 Å². The van der Waals surface area contributed by atoms with Gasteiger partial charge < -0.3 is 9.64 Å². The quantitative estimate of drug-likeness (QED) is 0.572. The molecule has 2 saturated heterocycles. The monoisotopic (exact) mass is 486 g/mol. The zero-order valence-electron chi connectivity index (χ0n) is 19.3. The van der Waals surface area contributed by atoms with E-state index in [0.29, 0.717) is 25.9 Å². The van der Waals surface area contributed by atoms with Crippen LogP contribution in [0.2, 0.25) is 0 Å². The summed E-state index contributed by atoms with van der Waals surface area (Å²) in [4.78, 5) is 33.4. The lowest BCUT2D eigenvalue weighted by atomic mass is 9.96. The summed E-state index contributed by atoms with van der Waals surface area (Å²) in [6.45, 7) is 4.31. The maximum atomic E-state index is 13.2. The van der Waals surface area contributed by atoms with Crippen LogP contribution in [0.5, 0.6) is 0 Å². The highest BCUT2D eigenvalue weighted by Gasteiger charge is 2.36. The van der Waals surface area contributed by atoms with Gasteiger partial charge in [0, 0.05) is 64.1 Å². The zero-order valence-corrected chi connectivity index (χ0v) is 20.1. The molecular formula is C24H30N4O5S. The van der Waals surface area contributed by atoms with Crippen molar-refractivity contribution in [1.82, 2.24) is 19.1 Å². The van der Waals surface area contributed by atoms with Gasteiger partial charge in [0.2, 0.25) is 15.9 Å². The molecule has 9 nitrogen and oxygen atoms in total. The van der Waals surface area contributed by atoms with E-state index >= 15 is 0 Å². The molecular weight excluding hydrogens is 456 g/mol. The van der Waals surface area contributed by atoms with Crippen LogP contribution in [0.1, 0.15) is 28.8 Å². The molecule has 182 valence electrons. The number of nitrogens with zero attached hydrogens (tertiary/aromatic N) is 4. The number of carbonyl (C=O) groups is 2. The molecule has 2 aliphatic rings. The van der Waals surface area contributed by atoms with Gasteiger partial charge in [-0.1, -0.05) is 12.1 Å². The number of ether oxygens (including phenoxy) is 1. The summed E-state index contributed by atoms with van der Waals surface area (Å²) in [7, 11) is -2.64. The molecule has 0 unspecified atom stereocenters. The van der Waals surface area contributed by atoms with Gasteiger partial charge in [-0.15, -0.1) is 0 Å². The molecule has 0 aliphatic carbocycles. The van der Waals surface area contributed by atoms with Gasteiger partial charge in [0.25, 0.3) is 0 Å². The SMILES string of the molecule is COC(=O)c1ccccc1S(=O)(=O)N1CCC(C(=O)N2CCN(Cc3ccncc3)CC2)CC1. The van der Waals surface area contributed by atoms with Crippen LogP contribution in [-0.2, 0) is 26.1 Å². The van der Waals surface area contributed by atoms with Gasteiger partial charge in [-0.25, -0.2) is 13.2 Å². The molecule has 0 spiro atoms. The summed E-state index contributed by atoms with van der Waals surface area (Å²) in [6.07, 6.45) is 4.51. The number of aromatic nitrogens is 1. The van der Waals surface area contributed by atoms with Crippen LogP contribution in [0.3, 0.4) is 0 Å². The van der Waals surface area contributed by atoms with E-state index in [9.17, 15) is 18.0 Å². The standard InChI is InChI=1S/C24H30N4O5S/c1-33-24(30)21-4-2-3-5-22(21)34(31,32)28-12-8-20(9-13-28)23(29)27-16-14-26(15-17-27)18-19-6-10-25-11-7-19/h2-7,10-11,20H,8-9,12-18H2,1H3. The van der Waals surface area contributed by atoms with E-state index in [2.05, 4.69) is 9.88 Å². The predicted octanol–water partition coefficient (Wildman–Crippen LogP) is 1.61. The van der Waals surface area contributed by atoms with Crippen molar-refractivity contribution in [1.29, 1.82) is 0 Å². The van der Waals surface area contributed by atoms with Crippen molar-refractivity contribution in [2.45, 2.75) is 24.3 Å². The van der Waals surface area contributed by atoms with Crippen molar-refractivity contribution in [3.63, 3.8) is 0 Å². The molecule has 4 rings (SSSR count). The zero-order chi connectivity index (χ0) is 24.1. The smallest absolute Gasteiger partial charge is 0.339 e. The summed E-state index contributed by atoms with van der Waals surface area (Å²) in [5.41, 5.74) is 1.23. The number of hydrogen-bond acceptors (Lipinski definition) is 7. The van der Waals surface area contributed by atoms with Gasteiger partial charge in [0.15, 0.2) is 0 Å². The van der Waals surface area contributed by atoms with Gasteiger partial charge in [-0.3, -0.25) is 14.7 Å². The number of piperidine rings is 1. The Morgan fingerprint density at radius 2 is 1.62 bits per heavy atom. The van der Waals surface area contributed by atoms with Crippen molar-refractivity contribution < 1.29 is 22.7 Å². The summed E-state index contributed by atoms with van der Waals surface area (Å²) >= 11 is 0. The third-order valence-electron chi connectivity index (χ3n) is 6.55. The number of benzene rings is 1. The van der Waals surface area contributed by atoms with Crippen molar-refractivity contribution in [2.75, 3.05) is 46.4 Å². The minimum Gasteiger partial charge on any atom is -0.465 e. The average Bonchev–Trinajstić information content (AvgIpc) is 2.89. The summed E-state index contributed by atoms with van der Waals surface area (Å²) in [6, 6.07) is 10.1. The van der Waals surface area contributed by atoms with Crippen molar-refractivity contribution in [3.8, 4) is 0 Å². The fourth-order valence-corrected chi connectivity index (χ4v) is 6.23. The molecule has 3 heterocycles. The second-order valence-corrected chi connectivity index (χ2v) is 10.5. The first-order valence-electron chi connectivity index (χ1n) is 11.5. The van der Waals surface area contributed by atoms with Gasteiger partial charge in [0.1, 0.15) is 0 Å². The Balaban J connectivity index is 1.32. The molecule has 0 radical (unpaired) electrons. The molecule has 2 aromatic rings. The minimum atomic E-state index is -3.86. The Labute approximate surface area is 200 Å². The van der Waals surface area contributed by atoms with Crippen molar-refractivity contribution in [2.24, 2.45) is 5.92 Å². The van der Waals surface area contributed by atoms with E-state index in [1.54, 1.807) is 24.5 Å². The number of hydrogen-bond donors (Lipinski definition) is 0. The molecule has 2 aliphatic heterocycles. The van der Waals surface area contributed by atoms with E-state index < -0.39 is 16.0 Å². The van der Waals surface area contributed by atoms with Crippen molar-refractivity contribution >= 4 is 21.9 Å². The fourth-order valence-electron chi connectivity index (χ4n) is 4.58. The van der Waals surface area contributed by atoms with Crippen LogP contribution in [0, 0.1) is 5.92 Å². The van der Waals surface area contributed by atoms with Crippen LogP contribution in [0.4, 0.5) is 0 Å². The highest BCUT2D eigenvalue weighted by Crippen LogP contribution is 2.27. The van der Waals surface area contributed by atoms with E-state index in [4.69, 9.17) is 4.74 Å². The lowest BCUT2D eigenvalue weighted by Crippen LogP contribution is -2.51. The molecule has 1 aromatic carbocycles. The van der Waals surface area contributed by atoms with E-state index in [1.807, 2.05) is 17.0 Å². The maximum absolute atomic E-state index is 13.2. The van der Waals surface area contributed by atoms with Crippen molar-refractivity contribution in [3.05, 3.63) is 59.9 Å². The average molecular weight is 487 g/mol. The third kappa shape index (κ3) is 5.29. The summed E-state index contributed by atoms with van der Waals surface area (Å²) in [5, 5.41) is 0. The normalized spacial score (nSPS) is 18.6. The first kappa shape index (κ1) is 24.3. The lowest BCUT2D eigenvalue weighted by molar-refractivity contribution is -0.138. The molecule has 34 heavy (non-hydrogen) atoms. The van der Waals surface area contributed by atoms with Gasteiger partial charge >= 0.3 is 5.97 Å². The highest BCUT2D eigenvalue weighted by molar-refractivity contribution is 7.89. The second kappa shape index (κ2) is 10.6. The van der Waals surface area contributed by atoms with E-state index in [0.717, 1.165) is 19.6 Å². The number of sulfonamides is 1. The minimum absolute atomic E-state index is 0.0211. The van der Waals surface area contributed by atoms with Crippen LogP contribution >= 0.6 is 0 Å². The first-order valence-corrected chi connectivity index (χ1v) is 12.9. The molecule has 1 aromatic heterocycles. The van der Waals surface area contributed by atoms with E-state index in [1.165, 1.54) is 29.1 Å². The Morgan fingerprint density at radius 3 is 2.26 bits per heavy atom. The molecule has 0 saturated carbocycles. The Morgan fingerprint density at radius 1 is 0.971 bits per heavy atom. The number of carbonyl (C=O) groups excluding carboxylic acids is 2. The molecule has 0 atom stereocenters. The number of pyridine rings is 1. The topological polar surface area (TPSA) is 100 Å². The fraction of sp³-hybridized carbons (Fsp3) is 0.458. The summed E-state index contributed by atoms with van der Waals surface area (Å²) < 4.78 is 32.5. The van der Waals surface area contributed by atoms with Crippen LogP contribution in [-0.4, -0.2) is 85.8 Å². The lowest BCUT2D eigenvalue weighted by Gasteiger charge is -2.38. The Bertz CT molecular complexity index is 1110. The van der Waals surface area contributed by atoms with Crippen LogP contribution in [0.15, 0.2) is 53.7 Å². The maximum Gasteiger partial charge on any atom is 0.339 e. The highest BCUT2D eigenvalue weighted by atomic mass is 32.2. The number of methoxy groups -OCH3 is 1. The second-order valence-electron chi connectivity index (χ2n) is 8.62. The molecule has 10 heteroatoms. The predicted molar refractivity (Wildman–Crippen MR) is 125 cm³/mol. The molecule has 0 bridgehead atoms. The molecule has 1 amide bonds. The van der Waals surface area contributed by atoms with Gasteiger partial charge in [-0.05, 0) is 42.7 Å². The number of piperazine rings is 1. The Kier molecular flexibility index (Phi) is 7.60. The van der Waals surface area contributed by atoms with Gasteiger partial charge in [-0.2, -0.15) is 4.31 Å². The number of rotatable bonds is 6. The van der Waals surface area contributed by atoms with Gasteiger partial charge in [0.05, 0.1) is 17.6 Å². The van der Waals surface area contributed by atoms with Crippen LogP contribution < -0.4 is 0 Å². The molecule has 0 N–H and O–H groups in total. The third-order valence-corrected chi connectivity index (χ3v) is 8.51. The largest absolute Gasteiger partial charge is 0.465 e. The van der Waals surface area contributed by atoms with Crippen LogP contribution in [0.25, 0.3) is 0 Å². The first-order chi connectivity index (χ1) is 16.4.